The first-order valence-corrected chi connectivity index (χ1v) is 17.3. The molecule has 0 amide bonds. The fourth-order valence-electron chi connectivity index (χ4n) is 6.39. The van der Waals surface area contributed by atoms with E-state index in [4.69, 9.17) is 18.9 Å². The highest BCUT2D eigenvalue weighted by Crippen LogP contribution is 2.41. The summed E-state index contributed by atoms with van der Waals surface area (Å²) in [5.74, 6) is 1.48. The van der Waals surface area contributed by atoms with E-state index in [0.717, 1.165) is 60.8 Å². The van der Waals surface area contributed by atoms with E-state index in [1.807, 2.05) is 0 Å². The monoisotopic (exact) mass is 624 g/mol. The lowest BCUT2D eigenvalue weighted by Gasteiger charge is -2.43. The predicted molar refractivity (Wildman–Crippen MR) is 181 cm³/mol. The summed E-state index contributed by atoms with van der Waals surface area (Å²) in [6, 6.07) is 8.64. The van der Waals surface area contributed by atoms with Gasteiger partial charge in [0.1, 0.15) is 11.5 Å². The molecule has 4 rings (SSSR count). The Hall–Kier alpha value is -2.12. The molecular formula is C39H60O6. The standard InChI is InChI=1S/C39H60O6/c1-11-25(3)29-17-27(19-31(35(29)40)37(5,6)7)13-15-33-42-21-39(22-43-33)23-44-34(45-24-39)16-14-28-18-30(26(4)12-2)36(41)32(20-28)38(8,9)10/h17-20,25-26,33-34,40-41H,11-16,21-24H2,1-10H3. The van der Waals surface area contributed by atoms with E-state index in [2.05, 4.69) is 93.5 Å². The van der Waals surface area contributed by atoms with Crippen LogP contribution in [0.1, 0.15) is 140 Å². The molecule has 2 aromatic carbocycles. The lowest BCUT2D eigenvalue weighted by atomic mass is 9.81. The van der Waals surface area contributed by atoms with Crippen LogP contribution in [0.25, 0.3) is 0 Å². The highest BCUT2D eigenvalue weighted by Gasteiger charge is 2.42. The van der Waals surface area contributed by atoms with E-state index in [9.17, 15) is 10.2 Å². The predicted octanol–water partition coefficient (Wildman–Crippen LogP) is 9.02. The molecule has 6 heteroatoms. The van der Waals surface area contributed by atoms with Gasteiger partial charge in [0.15, 0.2) is 12.6 Å². The molecule has 2 aliphatic rings. The van der Waals surface area contributed by atoms with E-state index in [-0.39, 0.29) is 28.8 Å². The van der Waals surface area contributed by atoms with Crippen molar-refractivity contribution in [2.24, 2.45) is 5.41 Å². The molecular weight excluding hydrogens is 564 g/mol. The first-order chi connectivity index (χ1) is 21.1. The summed E-state index contributed by atoms with van der Waals surface area (Å²) >= 11 is 0. The summed E-state index contributed by atoms with van der Waals surface area (Å²) in [6.45, 7) is 23.8. The summed E-state index contributed by atoms with van der Waals surface area (Å²) in [6.07, 6.45) is 4.61. The molecule has 252 valence electrons. The van der Waals surface area contributed by atoms with Crippen molar-refractivity contribution in [2.45, 2.75) is 143 Å². The van der Waals surface area contributed by atoms with E-state index >= 15 is 0 Å². The van der Waals surface area contributed by atoms with Crippen LogP contribution in [0.3, 0.4) is 0 Å². The normalized spacial score (nSPS) is 24.1. The molecule has 2 unspecified atom stereocenters. The minimum Gasteiger partial charge on any atom is -0.507 e. The Morgan fingerprint density at radius 3 is 1.27 bits per heavy atom. The van der Waals surface area contributed by atoms with Gasteiger partial charge < -0.3 is 29.2 Å². The van der Waals surface area contributed by atoms with E-state index in [0.29, 0.717) is 49.8 Å². The maximum atomic E-state index is 11.0. The summed E-state index contributed by atoms with van der Waals surface area (Å²) in [5.41, 5.74) is 5.94. The molecule has 2 aliphatic heterocycles. The number of hydrogen-bond acceptors (Lipinski definition) is 6. The van der Waals surface area contributed by atoms with Gasteiger partial charge in [0.2, 0.25) is 0 Å². The summed E-state index contributed by atoms with van der Waals surface area (Å²) in [7, 11) is 0. The summed E-state index contributed by atoms with van der Waals surface area (Å²) < 4.78 is 24.9. The fraction of sp³-hybridized carbons (Fsp3) is 0.692. The number of phenolic OH excluding ortho intramolecular Hbond substituents is 2. The molecule has 6 nitrogen and oxygen atoms in total. The van der Waals surface area contributed by atoms with Crippen LogP contribution < -0.4 is 0 Å². The third kappa shape index (κ3) is 8.62. The second kappa shape index (κ2) is 14.3. The van der Waals surface area contributed by atoms with Crippen molar-refractivity contribution in [1.29, 1.82) is 0 Å². The van der Waals surface area contributed by atoms with Crippen molar-refractivity contribution in [1.82, 2.24) is 0 Å². The number of rotatable bonds is 10. The zero-order valence-corrected chi connectivity index (χ0v) is 29.7. The Morgan fingerprint density at radius 1 is 0.644 bits per heavy atom. The number of aromatic hydroxyl groups is 2. The minimum atomic E-state index is -0.281. The summed E-state index contributed by atoms with van der Waals surface area (Å²) in [4.78, 5) is 0. The van der Waals surface area contributed by atoms with Gasteiger partial charge in [0.25, 0.3) is 0 Å². The van der Waals surface area contributed by atoms with Crippen LogP contribution >= 0.6 is 0 Å². The second-order valence-electron chi connectivity index (χ2n) is 16.0. The van der Waals surface area contributed by atoms with Crippen LogP contribution in [0.4, 0.5) is 0 Å². The van der Waals surface area contributed by atoms with Gasteiger partial charge in [-0.05, 0) is 81.7 Å². The summed E-state index contributed by atoms with van der Waals surface area (Å²) in [5, 5.41) is 22.1. The molecule has 2 N–H and O–H groups in total. The van der Waals surface area contributed by atoms with E-state index in [1.165, 1.54) is 11.1 Å². The number of phenols is 2. The molecule has 0 bridgehead atoms. The number of ether oxygens (including phenoxy) is 4. The van der Waals surface area contributed by atoms with Gasteiger partial charge in [0, 0.05) is 12.8 Å². The van der Waals surface area contributed by atoms with Crippen LogP contribution in [0.5, 0.6) is 11.5 Å². The Balaban J connectivity index is 1.30. The molecule has 0 aliphatic carbocycles. The smallest absolute Gasteiger partial charge is 0.157 e. The Kier molecular flexibility index (Phi) is 11.4. The van der Waals surface area contributed by atoms with Gasteiger partial charge in [0.05, 0.1) is 31.8 Å². The quantitative estimate of drug-likeness (QED) is 0.275. The molecule has 2 atom stereocenters. The molecule has 45 heavy (non-hydrogen) atoms. The van der Waals surface area contributed by atoms with Crippen molar-refractivity contribution >= 4 is 0 Å². The van der Waals surface area contributed by atoms with Gasteiger partial charge in [-0.15, -0.1) is 0 Å². The van der Waals surface area contributed by atoms with Crippen molar-refractivity contribution in [3.05, 3.63) is 57.6 Å². The lowest BCUT2D eigenvalue weighted by molar-refractivity contribution is -0.303. The maximum Gasteiger partial charge on any atom is 0.157 e. The van der Waals surface area contributed by atoms with Crippen LogP contribution in [-0.4, -0.2) is 49.2 Å². The van der Waals surface area contributed by atoms with Gasteiger partial charge in [-0.25, -0.2) is 0 Å². The first-order valence-electron chi connectivity index (χ1n) is 17.3. The average molecular weight is 625 g/mol. The SMILES string of the molecule is CCC(C)c1cc(CCC2OCC3(CO2)COC(CCc2cc(C(C)CC)c(O)c(C(C)(C)C)c2)OC3)cc(C(C)(C)C)c1O. The number of aryl methyl sites for hydroxylation is 2. The third-order valence-electron chi connectivity index (χ3n) is 9.94. The van der Waals surface area contributed by atoms with Gasteiger partial charge in [-0.2, -0.15) is 0 Å². The molecule has 0 radical (unpaired) electrons. The number of hydrogen-bond donors (Lipinski definition) is 2. The largest absolute Gasteiger partial charge is 0.507 e. The second-order valence-corrected chi connectivity index (χ2v) is 16.0. The molecule has 2 fully saturated rings. The van der Waals surface area contributed by atoms with E-state index in [1.54, 1.807) is 0 Å². The molecule has 2 saturated heterocycles. The number of benzene rings is 2. The highest BCUT2D eigenvalue weighted by molar-refractivity contribution is 5.49. The van der Waals surface area contributed by atoms with Gasteiger partial charge >= 0.3 is 0 Å². The first kappa shape index (κ1) is 35.7. The minimum absolute atomic E-state index is 0.138. The van der Waals surface area contributed by atoms with Crippen molar-refractivity contribution in [3.63, 3.8) is 0 Å². The average Bonchev–Trinajstić information content (AvgIpc) is 2.99. The molecule has 0 saturated carbocycles. The molecule has 2 heterocycles. The van der Waals surface area contributed by atoms with Crippen molar-refractivity contribution in [3.8, 4) is 11.5 Å². The van der Waals surface area contributed by atoms with E-state index < -0.39 is 0 Å². The van der Waals surface area contributed by atoms with Gasteiger partial charge in [-0.3, -0.25) is 0 Å². The Bertz CT molecular complexity index is 1170. The van der Waals surface area contributed by atoms with Crippen LogP contribution in [-0.2, 0) is 42.6 Å². The maximum absolute atomic E-state index is 11.0. The lowest BCUT2D eigenvalue weighted by Crippen LogP contribution is -2.52. The Labute approximate surface area is 272 Å². The molecule has 2 aromatic rings. The van der Waals surface area contributed by atoms with Crippen LogP contribution in [0, 0.1) is 5.41 Å². The fourth-order valence-corrected chi connectivity index (χ4v) is 6.39. The zero-order valence-electron chi connectivity index (χ0n) is 29.7. The topological polar surface area (TPSA) is 77.4 Å². The highest BCUT2D eigenvalue weighted by atomic mass is 16.7. The van der Waals surface area contributed by atoms with Crippen LogP contribution in [0.15, 0.2) is 24.3 Å². The molecule has 0 aromatic heterocycles. The molecule has 1 spiro atoms. The van der Waals surface area contributed by atoms with Crippen molar-refractivity contribution < 1.29 is 29.2 Å². The Morgan fingerprint density at radius 2 is 0.978 bits per heavy atom. The van der Waals surface area contributed by atoms with Crippen molar-refractivity contribution in [2.75, 3.05) is 26.4 Å². The van der Waals surface area contributed by atoms with Crippen LogP contribution in [0.2, 0.25) is 0 Å². The zero-order chi connectivity index (χ0) is 33.2. The third-order valence-corrected chi connectivity index (χ3v) is 9.94. The van der Waals surface area contributed by atoms with Gasteiger partial charge in [-0.1, -0.05) is 93.5 Å².